The fourth-order valence-corrected chi connectivity index (χ4v) is 1.87. The van der Waals surface area contributed by atoms with Gasteiger partial charge in [0.25, 0.3) is 0 Å². The number of rotatable bonds is 7. The lowest BCUT2D eigenvalue weighted by Gasteiger charge is -2.12. The second-order valence-electron chi connectivity index (χ2n) is 4.29. The number of amides is 2. The molecule has 0 radical (unpaired) electrons. The van der Waals surface area contributed by atoms with Gasteiger partial charge >= 0.3 is 0 Å². The van der Waals surface area contributed by atoms with Gasteiger partial charge in [-0.2, -0.15) is 0 Å². The SMILES string of the molecule is COc1ccc(NC(C)=O)cc1NC(=O)CCCCCl. The van der Waals surface area contributed by atoms with Gasteiger partial charge in [-0.3, -0.25) is 9.59 Å². The molecule has 0 atom stereocenters. The summed E-state index contributed by atoms with van der Waals surface area (Å²) in [6.07, 6.45) is 1.95. The first-order valence-electron chi connectivity index (χ1n) is 6.38. The Kier molecular flexibility index (Phi) is 6.87. The van der Waals surface area contributed by atoms with Crippen LogP contribution in [0.15, 0.2) is 18.2 Å². The van der Waals surface area contributed by atoms with Crippen molar-refractivity contribution in [2.45, 2.75) is 26.2 Å². The topological polar surface area (TPSA) is 67.4 Å². The van der Waals surface area contributed by atoms with Crippen molar-refractivity contribution in [3.63, 3.8) is 0 Å². The molecule has 1 rings (SSSR count). The maximum Gasteiger partial charge on any atom is 0.224 e. The average molecular weight is 299 g/mol. The van der Waals surface area contributed by atoms with Crippen molar-refractivity contribution in [2.24, 2.45) is 0 Å². The zero-order valence-electron chi connectivity index (χ0n) is 11.7. The summed E-state index contributed by atoms with van der Waals surface area (Å²) in [6, 6.07) is 5.07. The van der Waals surface area contributed by atoms with Gasteiger partial charge in [0.1, 0.15) is 5.75 Å². The summed E-state index contributed by atoms with van der Waals surface area (Å²) < 4.78 is 5.18. The first-order valence-corrected chi connectivity index (χ1v) is 6.91. The maximum atomic E-state index is 11.8. The Balaban J connectivity index is 2.74. The van der Waals surface area contributed by atoms with E-state index in [4.69, 9.17) is 16.3 Å². The molecule has 5 nitrogen and oxygen atoms in total. The van der Waals surface area contributed by atoms with E-state index in [0.717, 1.165) is 12.8 Å². The van der Waals surface area contributed by atoms with Gasteiger partial charge in [0.2, 0.25) is 11.8 Å². The number of carbonyl (C=O) groups is 2. The van der Waals surface area contributed by atoms with Gasteiger partial charge in [-0.15, -0.1) is 11.6 Å². The van der Waals surface area contributed by atoms with Crippen LogP contribution in [0.1, 0.15) is 26.2 Å². The molecule has 6 heteroatoms. The second kappa shape index (κ2) is 8.43. The number of anilines is 2. The van der Waals surface area contributed by atoms with Crippen molar-refractivity contribution in [1.29, 1.82) is 0 Å². The fraction of sp³-hybridized carbons (Fsp3) is 0.429. The number of benzene rings is 1. The molecular weight excluding hydrogens is 280 g/mol. The normalized spacial score (nSPS) is 9.95. The van der Waals surface area contributed by atoms with Crippen LogP contribution in [0, 0.1) is 0 Å². The van der Waals surface area contributed by atoms with E-state index in [-0.39, 0.29) is 11.8 Å². The summed E-state index contributed by atoms with van der Waals surface area (Å²) in [5.74, 6) is 0.821. The third-order valence-electron chi connectivity index (χ3n) is 2.58. The molecule has 1 aromatic carbocycles. The van der Waals surface area contributed by atoms with E-state index in [9.17, 15) is 9.59 Å². The quantitative estimate of drug-likeness (QED) is 0.600. The summed E-state index contributed by atoms with van der Waals surface area (Å²) in [4.78, 5) is 22.8. The summed E-state index contributed by atoms with van der Waals surface area (Å²) in [7, 11) is 1.52. The van der Waals surface area contributed by atoms with Crippen molar-refractivity contribution < 1.29 is 14.3 Å². The van der Waals surface area contributed by atoms with Gasteiger partial charge in [0.05, 0.1) is 12.8 Å². The molecule has 20 heavy (non-hydrogen) atoms. The lowest BCUT2D eigenvalue weighted by Crippen LogP contribution is -2.13. The standard InChI is InChI=1S/C14H19ClN2O3/c1-10(18)16-11-6-7-13(20-2)12(9-11)17-14(19)5-3-4-8-15/h6-7,9H,3-5,8H2,1-2H3,(H,16,18)(H,17,19). The van der Waals surface area contributed by atoms with Crippen LogP contribution in [-0.2, 0) is 9.59 Å². The van der Waals surface area contributed by atoms with E-state index in [1.165, 1.54) is 14.0 Å². The van der Waals surface area contributed by atoms with E-state index in [0.29, 0.717) is 29.4 Å². The number of alkyl halides is 1. The maximum absolute atomic E-state index is 11.8. The van der Waals surface area contributed by atoms with Gasteiger partial charge < -0.3 is 15.4 Å². The molecule has 0 bridgehead atoms. The molecular formula is C14H19ClN2O3. The number of carbonyl (C=O) groups excluding carboxylic acids is 2. The lowest BCUT2D eigenvalue weighted by atomic mass is 10.2. The zero-order chi connectivity index (χ0) is 15.0. The minimum Gasteiger partial charge on any atom is -0.495 e. The predicted octanol–water partition coefficient (Wildman–Crippen LogP) is 3.00. The summed E-state index contributed by atoms with van der Waals surface area (Å²) in [6.45, 7) is 1.43. The number of methoxy groups -OCH3 is 1. The Morgan fingerprint density at radius 3 is 2.60 bits per heavy atom. The Morgan fingerprint density at radius 1 is 1.25 bits per heavy atom. The highest BCUT2D eigenvalue weighted by Crippen LogP contribution is 2.28. The van der Waals surface area contributed by atoms with Gasteiger partial charge in [-0.25, -0.2) is 0 Å². The van der Waals surface area contributed by atoms with Crippen LogP contribution < -0.4 is 15.4 Å². The number of unbranched alkanes of at least 4 members (excludes halogenated alkanes) is 1. The minimum atomic E-state index is -0.172. The Hall–Kier alpha value is -1.75. The molecule has 110 valence electrons. The first-order chi connectivity index (χ1) is 9.56. The van der Waals surface area contributed by atoms with E-state index < -0.39 is 0 Å². The molecule has 0 spiro atoms. The molecule has 0 unspecified atom stereocenters. The summed E-state index contributed by atoms with van der Waals surface area (Å²) in [5, 5.41) is 5.43. The molecule has 0 fully saturated rings. The second-order valence-corrected chi connectivity index (χ2v) is 4.67. The summed E-state index contributed by atoms with van der Waals surface area (Å²) in [5.41, 5.74) is 1.14. The fourth-order valence-electron chi connectivity index (χ4n) is 1.68. The molecule has 0 aromatic heterocycles. The number of hydrogen-bond donors (Lipinski definition) is 2. The lowest BCUT2D eigenvalue weighted by molar-refractivity contribution is -0.116. The highest BCUT2D eigenvalue weighted by atomic mass is 35.5. The highest BCUT2D eigenvalue weighted by Gasteiger charge is 2.09. The monoisotopic (exact) mass is 298 g/mol. The molecule has 0 aliphatic rings. The van der Waals surface area contributed by atoms with Crippen LogP contribution >= 0.6 is 11.6 Å². The third kappa shape index (κ3) is 5.48. The zero-order valence-corrected chi connectivity index (χ0v) is 12.4. The molecule has 0 saturated heterocycles. The molecule has 2 amide bonds. The van der Waals surface area contributed by atoms with Crippen LogP contribution in [0.25, 0.3) is 0 Å². The predicted molar refractivity (Wildman–Crippen MR) is 80.5 cm³/mol. The van der Waals surface area contributed by atoms with Gasteiger partial charge in [0.15, 0.2) is 0 Å². The Bertz CT molecular complexity index is 477. The molecule has 0 heterocycles. The van der Waals surface area contributed by atoms with E-state index in [1.54, 1.807) is 18.2 Å². The molecule has 0 saturated carbocycles. The van der Waals surface area contributed by atoms with Crippen LogP contribution in [0.5, 0.6) is 5.75 Å². The molecule has 0 aliphatic heterocycles. The van der Waals surface area contributed by atoms with Crippen LogP contribution in [0.2, 0.25) is 0 Å². The third-order valence-corrected chi connectivity index (χ3v) is 2.85. The van der Waals surface area contributed by atoms with Crippen LogP contribution in [-0.4, -0.2) is 24.8 Å². The number of nitrogens with one attached hydrogen (secondary N) is 2. The van der Waals surface area contributed by atoms with Gasteiger partial charge in [-0.1, -0.05) is 0 Å². The van der Waals surface area contributed by atoms with Gasteiger partial charge in [-0.05, 0) is 31.0 Å². The first kappa shape index (κ1) is 16.3. The van der Waals surface area contributed by atoms with Crippen LogP contribution in [0.3, 0.4) is 0 Å². The van der Waals surface area contributed by atoms with Crippen molar-refractivity contribution in [1.82, 2.24) is 0 Å². The van der Waals surface area contributed by atoms with E-state index in [2.05, 4.69) is 10.6 Å². The number of hydrogen-bond acceptors (Lipinski definition) is 3. The van der Waals surface area contributed by atoms with Crippen molar-refractivity contribution >= 4 is 34.8 Å². The van der Waals surface area contributed by atoms with E-state index in [1.807, 2.05) is 0 Å². The minimum absolute atomic E-state index is 0.103. The van der Waals surface area contributed by atoms with Gasteiger partial charge in [0, 0.05) is 24.9 Å². The number of ether oxygens (including phenoxy) is 1. The highest BCUT2D eigenvalue weighted by molar-refractivity contribution is 6.17. The van der Waals surface area contributed by atoms with Crippen LogP contribution in [0.4, 0.5) is 11.4 Å². The Labute approximate surface area is 123 Å². The number of halogens is 1. The largest absolute Gasteiger partial charge is 0.495 e. The summed E-state index contributed by atoms with van der Waals surface area (Å²) >= 11 is 5.57. The van der Waals surface area contributed by atoms with Crippen molar-refractivity contribution in [3.05, 3.63) is 18.2 Å². The van der Waals surface area contributed by atoms with E-state index >= 15 is 0 Å². The van der Waals surface area contributed by atoms with Crippen molar-refractivity contribution in [3.8, 4) is 5.75 Å². The average Bonchev–Trinajstić information content (AvgIpc) is 2.38. The van der Waals surface area contributed by atoms with Crippen molar-refractivity contribution in [2.75, 3.05) is 23.6 Å². The molecule has 2 N–H and O–H groups in total. The molecule has 1 aromatic rings. The Morgan fingerprint density at radius 2 is 2.00 bits per heavy atom. The smallest absolute Gasteiger partial charge is 0.224 e. The molecule has 0 aliphatic carbocycles.